The maximum absolute atomic E-state index is 12.2. The molecule has 16 heavy (non-hydrogen) atoms. The summed E-state index contributed by atoms with van der Waals surface area (Å²) in [4.78, 5) is 14.3. The normalized spacial score (nSPS) is 13.1. The Balaban J connectivity index is 3.01. The summed E-state index contributed by atoms with van der Waals surface area (Å²) in [5.41, 5.74) is 1.09. The van der Waals surface area contributed by atoms with Crippen LogP contribution < -0.4 is 0 Å². The third kappa shape index (κ3) is 2.92. The first-order valence-corrected chi connectivity index (χ1v) is 5.86. The van der Waals surface area contributed by atoms with Crippen molar-refractivity contribution in [3.05, 3.63) is 35.9 Å². The molecule has 0 bridgehead atoms. The summed E-state index contributed by atoms with van der Waals surface area (Å²) in [6.07, 6.45) is 0. The average Bonchev–Trinajstić information content (AvgIpc) is 2.30. The molecule has 0 aliphatic rings. The zero-order valence-electron chi connectivity index (χ0n) is 10.6. The number of benzene rings is 1. The van der Waals surface area contributed by atoms with Crippen LogP contribution in [0.5, 0.6) is 0 Å². The Bertz CT molecular complexity index is 332. The fourth-order valence-electron chi connectivity index (χ4n) is 1.77. The number of nitrogens with zero attached hydrogens (tertiary/aromatic N) is 1. The van der Waals surface area contributed by atoms with Gasteiger partial charge in [-0.1, -0.05) is 51.1 Å². The van der Waals surface area contributed by atoms with Crippen LogP contribution in [0, 0.1) is 5.92 Å². The van der Waals surface area contributed by atoms with Crippen molar-refractivity contribution in [1.29, 1.82) is 0 Å². The summed E-state index contributed by atoms with van der Waals surface area (Å²) in [5.74, 6) is 0.356. The number of carbonyl (C=O) groups is 1. The molecule has 1 atom stereocenters. The standard InChI is InChI=1S/C14H21NO/c1-5-15(4)13(14(16)11(2)3)12-9-7-6-8-10-12/h6-11,13H,5H2,1-4H3. The zero-order chi connectivity index (χ0) is 12.1. The van der Waals surface area contributed by atoms with Gasteiger partial charge in [0.05, 0.1) is 6.04 Å². The van der Waals surface area contributed by atoms with Gasteiger partial charge >= 0.3 is 0 Å². The van der Waals surface area contributed by atoms with Crippen LogP contribution in [0.2, 0.25) is 0 Å². The van der Waals surface area contributed by atoms with Crippen molar-refractivity contribution >= 4 is 5.78 Å². The second-order valence-electron chi connectivity index (χ2n) is 4.44. The minimum absolute atomic E-state index is 0.0687. The van der Waals surface area contributed by atoms with Crippen LogP contribution in [0.25, 0.3) is 0 Å². The molecule has 0 amide bonds. The third-order valence-electron chi connectivity index (χ3n) is 2.89. The van der Waals surface area contributed by atoms with Gasteiger partial charge in [0.2, 0.25) is 0 Å². The van der Waals surface area contributed by atoms with Crippen molar-refractivity contribution in [2.75, 3.05) is 13.6 Å². The molecule has 0 aliphatic carbocycles. The highest BCUT2D eigenvalue weighted by molar-refractivity contribution is 5.86. The molecule has 0 aliphatic heterocycles. The Morgan fingerprint density at radius 3 is 2.25 bits per heavy atom. The lowest BCUT2D eigenvalue weighted by Gasteiger charge is -2.27. The van der Waals surface area contributed by atoms with E-state index in [1.807, 2.05) is 51.2 Å². The fraction of sp³-hybridized carbons (Fsp3) is 0.500. The third-order valence-corrected chi connectivity index (χ3v) is 2.89. The Morgan fingerprint density at radius 1 is 1.25 bits per heavy atom. The molecule has 1 rings (SSSR count). The Hall–Kier alpha value is -1.15. The molecule has 0 saturated heterocycles. The molecule has 0 fully saturated rings. The number of Topliss-reactive ketones (excluding diaryl/α,β-unsaturated/α-hetero) is 1. The highest BCUT2D eigenvalue weighted by Crippen LogP contribution is 2.23. The molecule has 1 aromatic carbocycles. The minimum Gasteiger partial charge on any atom is -0.297 e. The molecule has 2 nitrogen and oxygen atoms in total. The van der Waals surface area contributed by atoms with E-state index < -0.39 is 0 Å². The predicted molar refractivity (Wildman–Crippen MR) is 67.3 cm³/mol. The number of hydrogen-bond donors (Lipinski definition) is 0. The number of hydrogen-bond acceptors (Lipinski definition) is 2. The summed E-state index contributed by atoms with van der Waals surface area (Å²) in [6, 6.07) is 9.89. The molecule has 2 heteroatoms. The van der Waals surface area contributed by atoms with Crippen LogP contribution in [0.4, 0.5) is 0 Å². The van der Waals surface area contributed by atoms with Crippen LogP contribution in [-0.4, -0.2) is 24.3 Å². The van der Waals surface area contributed by atoms with Gasteiger partial charge in [0, 0.05) is 5.92 Å². The second kappa shape index (κ2) is 5.80. The molecule has 1 aromatic rings. The smallest absolute Gasteiger partial charge is 0.156 e. The van der Waals surface area contributed by atoms with E-state index in [0.29, 0.717) is 0 Å². The van der Waals surface area contributed by atoms with E-state index in [0.717, 1.165) is 12.1 Å². The lowest BCUT2D eigenvalue weighted by Crippen LogP contribution is -2.33. The molecule has 0 saturated carbocycles. The van der Waals surface area contributed by atoms with Gasteiger partial charge in [-0.05, 0) is 19.2 Å². The monoisotopic (exact) mass is 219 g/mol. The SMILES string of the molecule is CCN(C)C(C(=O)C(C)C)c1ccccc1. The van der Waals surface area contributed by atoms with Gasteiger partial charge in [0.15, 0.2) is 5.78 Å². The van der Waals surface area contributed by atoms with Crippen molar-refractivity contribution in [2.24, 2.45) is 5.92 Å². The largest absolute Gasteiger partial charge is 0.297 e. The van der Waals surface area contributed by atoms with E-state index in [9.17, 15) is 4.79 Å². The molecule has 0 spiro atoms. The van der Waals surface area contributed by atoms with Crippen molar-refractivity contribution in [1.82, 2.24) is 4.90 Å². The summed E-state index contributed by atoms with van der Waals surface area (Å²) in [6.45, 7) is 6.87. The molecule has 0 N–H and O–H groups in total. The van der Waals surface area contributed by atoms with E-state index in [1.54, 1.807) is 0 Å². The van der Waals surface area contributed by atoms with Gasteiger partial charge in [-0.3, -0.25) is 9.69 Å². The van der Waals surface area contributed by atoms with Gasteiger partial charge < -0.3 is 0 Å². The quantitative estimate of drug-likeness (QED) is 0.759. The first-order chi connectivity index (χ1) is 7.57. The van der Waals surface area contributed by atoms with Crippen LogP contribution >= 0.6 is 0 Å². The maximum Gasteiger partial charge on any atom is 0.156 e. The summed E-state index contributed by atoms with van der Waals surface area (Å²) < 4.78 is 0. The fourth-order valence-corrected chi connectivity index (χ4v) is 1.77. The molecule has 0 radical (unpaired) electrons. The van der Waals surface area contributed by atoms with Gasteiger partial charge in [-0.2, -0.15) is 0 Å². The average molecular weight is 219 g/mol. The molecule has 0 aromatic heterocycles. The molecule has 0 heterocycles. The molecular weight excluding hydrogens is 198 g/mol. The maximum atomic E-state index is 12.2. The van der Waals surface area contributed by atoms with Crippen molar-refractivity contribution in [2.45, 2.75) is 26.8 Å². The second-order valence-corrected chi connectivity index (χ2v) is 4.44. The van der Waals surface area contributed by atoms with Crippen LogP contribution in [0.3, 0.4) is 0 Å². The van der Waals surface area contributed by atoms with E-state index in [1.165, 1.54) is 0 Å². The molecular formula is C14H21NO. The highest BCUT2D eigenvalue weighted by atomic mass is 16.1. The van der Waals surface area contributed by atoms with Crippen molar-refractivity contribution < 1.29 is 4.79 Å². The van der Waals surface area contributed by atoms with Crippen LogP contribution in [-0.2, 0) is 4.79 Å². The first-order valence-electron chi connectivity index (χ1n) is 5.86. The number of likely N-dealkylation sites (N-methyl/N-ethyl adjacent to an activating group) is 1. The van der Waals surface area contributed by atoms with Gasteiger partial charge in [0.1, 0.15) is 0 Å². The number of ketones is 1. The molecule has 88 valence electrons. The Kier molecular flexibility index (Phi) is 4.69. The van der Waals surface area contributed by atoms with Gasteiger partial charge in [0.25, 0.3) is 0 Å². The van der Waals surface area contributed by atoms with E-state index in [-0.39, 0.29) is 17.7 Å². The van der Waals surface area contributed by atoms with E-state index in [2.05, 4.69) is 11.8 Å². The number of rotatable bonds is 5. The highest BCUT2D eigenvalue weighted by Gasteiger charge is 2.25. The Morgan fingerprint density at radius 2 is 1.81 bits per heavy atom. The summed E-state index contributed by atoms with van der Waals surface area (Å²) in [7, 11) is 2.00. The minimum atomic E-state index is -0.105. The predicted octanol–water partition coefficient (Wildman–Crippen LogP) is 2.90. The van der Waals surface area contributed by atoms with Crippen molar-refractivity contribution in [3.8, 4) is 0 Å². The lowest BCUT2D eigenvalue weighted by molar-refractivity contribution is -0.127. The van der Waals surface area contributed by atoms with Gasteiger partial charge in [-0.15, -0.1) is 0 Å². The van der Waals surface area contributed by atoms with E-state index in [4.69, 9.17) is 0 Å². The van der Waals surface area contributed by atoms with Gasteiger partial charge in [-0.25, -0.2) is 0 Å². The number of carbonyl (C=O) groups excluding carboxylic acids is 1. The van der Waals surface area contributed by atoms with Crippen molar-refractivity contribution in [3.63, 3.8) is 0 Å². The zero-order valence-corrected chi connectivity index (χ0v) is 10.6. The van der Waals surface area contributed by atoms with E-state index >= 15 is 0 Å². The molecule has 1 unspecified atom stereocenters. The first kappa shape index (κ1) is 12.9. The summed E-state index contributed by atoms with van der Waals surface area (Å²) >= 11 is 0. The Labute approximate surface area is 98.3 Å². The van der Waals surface area contributed by atoms with Crippen LogP contribution in [0.1, 0.15) is 32.4 Å². The lowest BCUT2D eigenvalue weighted by atomic mass is 9.94. The topological polar surface area (TPSA) is 20.3 Å². The summed E-state index contributed by atoms with van der Waals surface area (Å²) in [5, 5.41) is 0. The van der Waals surface area contributed by atoms with Crippen LogP contribution in [0.15, 0.2) is 30.3 Å².